The van der Waals surface area contributed by atoms with Crippen LogP contribution in [0.5, 0.6) is 0 Å². The molecule has 0 radical (unpaired) electrons. The van der Waals surface area contributed by atoms with E-state index >= 15 is 0 Å². The molecule has 0 aromatic heterocycles. The summed E-state index contributed by atoms with van der Waals surface area (Å²) in [6.45, 7) is 9.17. The molecule has 0 saturated heterocycles. The van der Waals surface area contributed by atoms with Crippen LogP contribution >= 0.6 is 0 Å². The van der Waals surface area contributed by atoms with Crippen LogP contribution in [0.1, 0.15) is 51.0 Å². The van der Waals surface area contributed by atoms with Crippen molar-refractivity contribution in [1.29, 1.82) is 0 Å². The quantitative estimate of drug-likeness (QED) is 0.215. The fourth-order valence-electron chi connectivity index (χ4n) is 5.99. The maximum Gasteiger partial charge on any atom is 0.0868 e. The van der Waals surface area contributed by atoms with Crippen LogP contribution in [-0.2, 0) is 4.74 Å². The molecule has 1 nitrogen and oxygen atoms in total. The van der Waals surface area contributed by atoms with Gasteiger partial charge < -0.3 is 4.74 Å². The number of benzene rings is 6. The van der Waals surface area contributed by atoms with Crippen molar-refractivity contribution in [3.8, 4) is 0 Å². The normalized spacial score (nSPS) is 13.8. The molecular formula is C36H34O. The van der Waals surface area contributed by atoms with Gasteiger partial charge in [-0.25, -0.2) is 0 Å². The van der Waals surface area contributed by atoms with Gasteiger partial charge in [0.15, 0.2) is 0 Å². The van der Waals surface area contributed by atoms with Gasteiger partial charge in [-0.3, -0.25) is 0 Å². The molecule has 0 N–H and O–H groups in total. The molecule has 6 aromatic carbocycles. The van der Waals surface area contributed by atoms with E-state index in [0.717, 1.165) is 0 Å². The summed E-state index contributed by atoms with van der Waals surface area (Å²) in [4.78, 5) is 0. The van der Waals surface area contributed by atoms with Gasteiger partial charge in [0.2, 0.25) is 0 Å². The molecule has 184 valence electrons. The van der Waals surface area contributed by atoms with Crippen molar-refractivity contribution in [2.75, 3.05) is 0 Å². The van der Waals surface area contributed by atoms with Crippen molar-refractivity contribution in [3.05, 3.63) is 120 Å². The smallest absolute Gasteiger partial charge is 0.0868 e. The Kier molecular flexibility index (Phi) is 6.18. The van der Waals surface area contributed by atoms with Gasteiger partial charge in [0.05, 0.1) is 12.2 Å². The highest BCUT2D eigenvalue weighted by atomic mass is 16.5. The van der Waals surface area contributed by atoms with Crippen LogP contribution in [0, 0.1) is 11.8 Å². The van der Waals surface area contributed by atoms with Gasteiger partial charge in [0, 0.05) is 0 Å². The number of rotatable bonds is 6. The molecule has 0 aliphatic rings. The molecule has 1 heteroatoms. The van der Waals surface area contributed by atoms with Crippen LogP contribution in [0.3, 0.4) is 0 Å². The molecule has 0 saturated carbocycles. The van der Waals surface area contributed by atoms with E-state index in [0.29, 0.717) is 11.8 Å². The lowest BCUT2D eigenvalue weighted by Gasteiger charge is -2.33. The van der Waals surface area contributed by atoms with E-state index in [1.165, 1.54) is 54.2 Å². The lowest BCUT2D eigenvalue weighted by atomic mass is 9.86. The van der Waals surface area contributed by atoms with E-state index in [-0.39, 0.29) is 12.2 Å². The molecular weight excluding hydrogens is 448 g/mol. The zero-order valence-corrected chi connectivity index (χ0v) is 22.1. The first-order valence-electron chi connectivity index (χ1n) is 13.5. The number of hydrogen-bond acceptors (Lipinski definition) is 1. The average molecular weight is 483 g/mol. The second-order valence-electron chi connectivity index (χ2n) is 10.9. The standard InChI is InChI=1S/C36H34O/c1-23(2)35(33-29-17-9-5-13-25(29)21-26-14-6-10-18-30(26)33)37-36(24(3)4)34-31-19-11-7-15-27(31)22-28-16-8-12-20-32(28)34/h5-24,35-36H,1-4H3. The highest BCUT2D eigenvalue weighted by molar-refractivity contribution is 6.04. The monoisotopic (exact) mass is 482 g/mol. The summed E-state index contributed by atoms with van der Waals surface area (Å²) in [5.74, 6) is 0.605. The van der Waals surface area contributed by atoms with Crippen LogP contribution in [0.25, 0.3) is 43.1 Å². The summed E-state index contributed by atoms with van der Waals surface area (Å²) in [6, 6.07) is 39.7. The Morgan fingerprint density at radius 1 is 0.405 bits per heavy atom. The largest absolute Gasteiger partial charge is 0.365 e. The molecule has 6 aromatic rings. The van der Waals surface area contributed by atoms with Gasteiger partial charge in [-0.15, -0.1) is 0 Å². The first-order chi connectivity index (χ1) is 18.0. The average Bonchev–Trinajstić information content (AvgIpc) is 2.91. The fraction of sp³-hybridized carbons (Fsp3) is 0.222. The predicted molar refractivity (Wildman–Crippen MR) is 159 cm³/mol. The second-order valence-corrected chi connectivity index (χ2v) is 10.9. The van der Waals surface area contributed by atoms with Gasteiger partial charge in [-0.05, 0) is 78.2 Å². The highest BCUT2D eigenvalue weighted by Gasteiger charge is 2.29. The van der Waals surface area contributed by atoms with E-state index in [1.54, 1.807) is 0 Å². The van der Waals surface area contributed by atoms with Crippen LogP contribution in [-0.4, -0.2) is 0 Å². The minimum atomic E-state index is -0.0545. The maximum absolute atomic E-state index is 7.38. The summed E-state index contributed by atoms with van der Waals surface area (Å²) in [7, 11) is 0. The van der Waals surface area contributed by atoms with Crippen molar-refractivity contribution in [2.45, 2.75) is 39.9 Å². The lowest BCUT2D eigenvalue weighted by Crippen LogP contribution is -2.20. The molecule has 0 amide bonds. The highest BCUT2D eigenvalue weighted by Crippen LogP contribution is 2.45. The zero-order chi connectivity index (χ0) is 25.5. The second kappa shape index (κ2) is 9.65. The number of hydrogen-bond donors (Lipinski definition) is 0. The fourth-order valence-corrected chi connectivity index (χ4v) is 5.99. The maximum atomic E-state index is 7.38. The van der Waals surface area contributed by atoms with Crippen LogP contribution < -0.4 is 0 Å². The first kappa shape index (κ1) is 23.7. The van der Waals surface area contributed by atoms with Gasteiger partial charge in [-0.2, -0.15) is 0 Å². The van der Waals surface area contributed by atoms with E-state index in [4.69, 9.17) is 4.74 Å². The van der Waals surface area contributed by atoms with Gasteiger partial charge in [-0.1, -0.05) is 125 Å². The van der Waals surface area contributed by atoms with Crippen molar-refractivity contribution in [1.82, 2.24) is 0 Å². The van der Waals surface area contributed by atoms with E-state index < -0.39 is 0 Å². The van der Waals surface area contributed by atoms with Crippen molar-refractivity contribution in [3.63, 3.8) is 0 Å². The molecule has 2 unspecified atom stereocenters. The Balaban J connectivity index is 1.60. The van der Waals surface area contributed by atoms with Crippen LogP contribution in [0.15, 0.2) is 109 Å². The molecule has 0 fully saturated rings. The summed E-state index contributed by atoms with van der Waals surface area (Å²) in [6.07, 6.45) is -0.109. The lowest BCUT2D eigenvalue weighted by molar-refractivity contribution is -0.0582. The SMILES string of the molecule is CC(C)C(OC(c1c2ccccc2cc2ccccc12)C(C)C)c1c2ccccc2cc2ccccc12. The Bertz CT molecular complexity index is 1490. The van der Waals surface area contributed by atoms with Gasteiger partial charge >= 0.3 is 0 Å². The van der Waals surface area contributed by atoms with Gasteiger partial charge in [0.25, 0.3) is 0 Å². The third-order valence-corrected chi connectivity index (χ3v) is 7.70. The molecule has 6 rings (SSSR count). The van der Waals surface area contributed by atoms with Gasteiger partial charge in [0.1, 0.15) is 0 Å². The molecule has 0 spiro atoms. The number of fused-ring (bicyclic) bond motifs is 4. The van der Waals surface area contributed by atoms with E-state index in [1.807, 2.05) is 0 Å². The Morgan fingerprint density at radius 2 is 0.676 bits per heavy atom. The molecule has 0 aliphatic heterocycles. The minimum absolute atomic E-state index is 0.0545. The summed E-state index contributed by atoms with van der Waals surface area (Å²) in [5, 5.41) is 10.2. The number of ether oxygens (including phenoxy) is 1. The molecule has 2 atom stereocenters. The zero-order valence-electron chi connectivity index (χ0n) is 22.1. The molecule has 0 heterocycles. The Hall–Kier alpha value is -3.68. The summed E-state index contributed by atoms with van der Waals surface area (Å²) in [5.41, 5.74) is 2.61. The molecule has 0 aliphatic carbocycles. The topological polar surface area (TPSA) is 9.23 Å². The van der Waals surface area contributed by atoms with Crippen LogP contribution in [0.2, 0.25) is 0 Å². The summed E-state index contributed by atoms with van der Waals surface area (Å²) >= 11 is 0. The predicted octanol–water partition coefficient (Wildman–Crippen LogP) is 10.4. The summed E-state index contributed by atoms with van der Waals surface area (Å²) < 4.78 is 7.38. The van der Waals surface area contributed by atoms with E-state index in [9.17, 15) is 0 Å². The van der Waals surface area contributed by atoms with Crippen molar-refractivity contribution < 1.29 is 4.74 Å². The third-order valence-electron chi connectivity index (χ3n) is 7.70. The molecule has 37 heavy (non-hydrogen) atoms. The Labute approximate surface area is 219 Å². The van der Waals surface area contributed by atoms with Crippen molar-refractivity contribution >= 4 is 43.1 Å². The first-order valence-corrected chi connectivity index (χ1v) is 13.5. The molecule has 0 bridgehead atoms. The van der Waals surface area contributed by atoms with Crippen molar-refractivity contribution in [2.24, 2.45) is 11.8 Å². The minimum Gasteiger partial charge on any atom is -0.365 e. The van der Waals surface area contributed by atoms with Crippen LogP contribution in [0.4, 0.5) is 0 Å². The van der Waals surface area contributed by atoms with E-state index in [2.05, 4.69) is 137 Å². The Morgan fingerprint density at radius 3 is 0.946 bits per heavy atom. The third kappa shape index (κ3) is 4.18.